The minimum atomic E-state index is -0.431. The molecule has 1 aromatic carbocycles. The van der Waals surface area contributed by atoms with Crippen molar-refractivity contribution < 1.29 is 14.3 Å². The van der Waals surface area contributed by atoms with Crippen molar-refractivity contribution in [3.05, 3.63) is 64.4 Å². The normalized spacial score (nSPS) is 10.4. The highest BCUT2D eigenvalue weighted by Crippen LogP contribution is 2.16. The Morgan fingerprint density at radius 1 is 1.29 bits per heavy atom. The van der Waals surface area contributed by atoms with Gasteiger partial charge in [0.15, 0.2) is 0 Å². The SMILES string of the molecule is COCCc1ncc(Cl)cc1C(=O)OCc1ccccc1. The summed E-state index contributed by atoms with van der Waals surface area (Å²) in [7, 11) is 1.60. The van der Waals surface area contributed by atoms with Crippen LogP contribution in [0.3, 0.4) is 0 Å². The second kappa shape index (κ2) is 7.76. The van der Waals surface area contributed by atoms with Crippen LogP contribution in [0.15, 0.2) is 42.6 Å². The number of benzene rings is 1. The predicted octanol–water partition coefficient (Wildman–Crippen LogP) is 3.28. The minimum absolute atomic E-state index is 0.218. The molecule has 0 atom stereocenters. The van der Waals surface area contributed by atoms with Crippen LogP contribution in [0.1, 0.15) is 21.6 Å². The summed E-state index contributed by atoms with van der Waals surface area (Å²) in [6.07, 6.45) is 2.05. The average Bonchev–Trinajstić information content (AvgIpc) is 2.52. The largest absolute Gasteiger partial charge is 0.457 e. The van der Waals surface area contributed by atoms with E-state index in [9.17, 15) is 4.79 Å². The summed E-state index contributed by atoms with van der Waals surface area (Å²) in [5.74, 6) is -0.431. The van der Waals surface area contributed by atoms with E-state index in [0.29, 0.717) is 29.3 Å². The Balaban J connectivity index is 2.08. The van der Waals surface area contributed by atoms with Crippen molar-refractivity contribution >= 4 is 17.6 Å². The molecule has 0 unspecified atom stereocenters. The van der Waals surface area contributed by atoms with Crippen LogP contribution < -0.4 is 0 Å². The number of methoxy groups -OCH3 is 1. The summed E-state index contributed by atoms with van der Waals surface area (Å²) in [6, 6.07) is 11.1. The van der Waals surface area contributed by atoms with Crippen LogP contribution in [-0.4, -0.2) is 24.7 Å². The van der Waals surface area contributed by atoms with E-state index >= 15 is 0 Å². The van der Waals surface area contributed by atoms with Gasteiger partial charge in [0.25, 0.3) is 0 Å². The highest BCUT2D eigenvalue weighted by atomic mass is 35.5. The fraction of sp³-hybridized carbons (Fsp3) is 0.250. The van der Waals surface area contributed by atoms with Crippen molar-refractivity contribution in [2.45, 2.75) is 13.0 Å². The maximum Gasteiger partial charge on any atom is 0.340 e. The van der Waals surface area contributed by atoms with Gasteiger partial charge < -0.3 is 9.47 Å². The molecule has 0 aliphatic heterocycles. The smallest absolute Gasteiger partial charge is 0.340 e. The summed E-state index contributed by atoms with van der Waals surface area (Å²) in [5, 5.41) is 0.405. The topological polar surface area (TPSA) is 48.4 Å². The van der Waals surface area contributed by atoms with Crippen molar-refractivity contribution in [2.75, 3.05) is 13.7 Å². The molecule has 0 spiro atoms. The number of halogens is 1. The third-order valence-electron chi connectivity index (χ3n) is 2.91. The third-order valence-corrected chi connectivity index (χ3v) is 3.12. The van der Waals surface area contributed by atoms with Gasteiger partial charge in [0.05, 0.1) is 22.9 Å². The lowest BCUT2D eigenvalue weighted by Gasteiger charge is -2.09. The molecular formula is C16H16ClNO3. The second-order valence-electron chi connectivity index (χ2n) is 4.45. The summed E-state index contributed by atoms with van der Waals surface area (Å²) < 4.78 is 10.3. The lowest BCUT2D eigenvalue weighted by atomic mass is 10.1. The number of nitrogens with zero attached hydrogens (tertiary/aromatic N) is 1. The van der Waals surface area contributed by atoms with E-state index in [2.05, 4.69) is 4.98 Å². The molecule has 4 nitrogen and oxygen atoms in total. The van der Waals surface area contributed by atoms with E-state index in [1.165, 1.54) is 6.20 Å². The summed E-state index contributed by atoms with van der Waals surface area (Å²) >= 11 is 5.91. The van der Waals surface area contributed by atoms with E-state index < -0.39 is 5.97 Å². The molecule has 110 valence electrons. The van der Waals surface area contributed by atoms with Gasteiger partial charge in [-0.3, -0.25) is 4.98 Å². The highest BCUT2D eigenvalue weighted by Gasteiger charge is 2.15. The molecule has 21 heavy (non-hydrogen) atoms. The molecule has 0 saturated heterocycles. The Morgan fingerprint density at radius 2 is 2.05 bits per heavy atom. The van der Waals surface area contributed by atoms with Gasteiger partial charge in [0, 0.05) is 19.7 Å². The Labute approximate surface area is 128 Å². The lowest BCUT2D eigenvalue weighted by Crippen LogP contribution is -2.11. The summed E-state index contributed by atoms with van der Waals surface area (Å²) in [5.41, 5.74) is 1.94. The van der Waals surface area contributed by atoms with Gasteiger partial charge in [-0.05, 0) is 11.6 Å². The van der Waals surface area contributed by atoms with Crippen LogP contribution in [0.25, 0.3) is 0 Å². The monoisotopic (exact) mass is 305 g/mol. The highest BCUT2D eigenvalue weighted by molar-refractivity contribution is 6.30. The molecule has 0 radical (unpaired) electrons. The van der Waals surface area contributed by atoms with Crippen LogP contribution in [-0.2, 0) is 22.5 Å². The molecule has 0 amide bonds. The zero-order valence-corrected chi connectivity index (χ0v) is 12.5. The standard InChI is InChI=1S/C16H16ClNO3/c1-20-8-7-15-14(9-13(17)10-18-15)16(19)21-11-12-5-3-2-4-6-12/h2-6,9-10H,7-8,11H2,1H3. The fourth-order valence-corrected chi connectivity index (χ4v) is 2.00. The number of carbonyl (C=O) groups is 1. The van der Waals surface area contributed by atoms with E-state index in [0.717, 1.165) is 5.56 Å². The Hall–Kier alpha value is -1.91. The second-order valence-corrected chi connectivity index (χ2v) is 4.89. The molecule has 0 aliphatic carbocycles. The maximum atomic E-state index is 12.2. The Morgan fingerprint density at radius 3 is 2.76 bits per heavy atom. The van der Waals surface area contributed by atoms with Crippen molar-refractivity contribution in [1.29, 1.82) is 0 Å². The molecule has 0 fully saturated rings. The van der Waals surface area contributed by atoms with E-state index in [1.54, 1.807) is 13.2 Å². The third kappa shape index (κ3) is 4.55. The number of hydrogen-bond donors (Lipinski definition) is 0. The molecule has 2 rings (SSSR count). The molecule has 0 aliphatic rings. The summed E-state index contributed by atoms with van der Waals surface area (Å²) in [6.45, 7) is 0.698. The van der Waals surface area contributed by atoms with Gasteiger partial charge in [-0.2, -0.15) is 0 Å². The molecule has 0 bridgehead atoms. The van der Waals surface area contributed by atoms with Crippen molar-refractivity contribution in [1.82, 2.24) is 4.98 Å². The molecule has 0 N–H and O–H groups in total. The number of rotatable bonds is 6. The fourth-order valence-electron chi connectivity index (χ4n) is 1.84. The molecule has 1 heterocycles. The first-order valence-electron chi connectivity index (χ1n) is 6.55. The molecule has 5 heteroatoms. The predicted molar refractivity (Wildman–Crippen MR) is 80.4 cm³/mol. The van der Waals surface area contributed by atoms with E-state index in [-0.39, 0.29) is 6.61 Å². The van der Waals surface area contributed by atoms with Crippen molar-refractivity contribution in [3.63, 3.8) is 0 Å². The lowest BCUT2D eigenvalue weighted by molar-refractivity contribution is 0.0470. The average molecular weight is 306 g/mol. The Bertz CT molecular complexity index is 602. The van der Waals surface area contributed by atoms with E-state index in [4.69, 9.17) is 21.1 Å². The number of esters is 1. The first kappa shape index (κ1) is 15.5. The van der Waals surface area contributed by atoms with Gasteiger partial charge in [-0.15, -0.1) is 0 Å². The van der Waals surface area contributed by atoms with Crippen LogP contribution in [0.5, 0.6) is 0 Å². The molecular weight excluding hydrogens is 290 g/mol. The van der Waals surface area contributed by atoms with Crippen LogP contribution in [0.2, 0.25) is 5.02 Å². The van der Waals surface area contributed by atoms with Gasteiger partial charge in [0.2, 0.25) is 0 Å². The zero-order valence-electron chi connectivity index (χ0n) is 11.7. The maximum absolute atomic E-state index is 12.2. The number of carbonyl (C=O) groups excluding carboxylic acids is 1. The number of hydrogen-bond acceptors (Lipinski definition) is 4. The van der Waals surface area contributed by atoms with E-state index in [1.807, 2.05) is 30.3 Å². The molecule has 1 aromatic heterocycles. The van der Waals surface area contributed by atoms with Gasteiger partial charge in [0.1, 0.15) is 6.61 Å². The van der Waals surface area contributed by atoms with Gasteiger partial charge in [-0.25, -0.2) is 4.79 Å². The van der Waals surface area contributed by atoms with Crippen molar-refractivity contribution in [3.8, 4) is 0 Å². The minimum Gasteiger partial charge on any atom is -0.457 e. The first-order chi connectivity index (χ1) is 10.2. The Kier molecular flexibility index (Phi) is 5.72. The van der Waals surface area contributed by atoms with Crippen LogP contribution in [0.4, 0.5) is 0 Å². The van der Waals surface area contributed by atoms with Gasteiger partial charge >= 0.3 is 5.97 Å². The van der Waals surface area contributed by atoms with Crippen LogP contribution >= 0.6 is 11.6 Å². The quantitative estimate of drug-likeness (QED) is 0.768. The number of aromatic nitrogens is 1. The number of ether oxygens (including phenoxy) is 2. The molecule has 2 aromatic rings. The number of pyridine rings is 1. The first-order valence-corrected chi connectivity index (χ1v) is 6.93. The molecule has 0 saturated carbocycles. The summed E-state index contributed by atoms with van der Waals surface area (Å²) in [4.78, 5) is 16.4. The van der Waals surface area contributed by atoms with Crippen molar-refractivity contribution in [2.24, 2.45) is 0 Å². The zero-order chi connectivity index (χ0) is 15.1. The van der Waals surface area contributed by atoms with Crippen LogP contribution in [0, 0.1) is 0 Å². The van der Waals surface area contributed by atoms with Gasteiger partial charge in [-0.1, -0.05) is 41.9 Å².